The summed E-state index contributed by atoms with van der Waals surface area (Å²) < 4.78 is 30.4. The van der Waals surface area contributed by atoms with Gasteiger partial charge in [0.15, 0.2) is 0 Å². The van der Waals surface area contributed by atoms with Crippen LogP contribution in [0.3, 0.4) is 0 Å². The zero-order valence-corrected chi connectivity index (χ0v) is 26.0. The zero-order valence-electron chi connectivity index (χ0n) is 25.2. The minimum atomic E-state index is -3.89. The maximum absolute atomic E-state index is 14.2. The van der Waals surface area contributed by atoms with Crippen LogP contribution >= 0.6 is 0 Å². The molecule has 0 bridgehead atoms. The molecule has 0 N–H and O–H groups in total. The van der Waals surface area contributed by atoms with E-state index in [2.05, 4.69) is 20.8 Å². The van der Waals surface area contributed by atoms with E-state index in [1.54, 1.807) is 23.6 Å². The number of hydrogen-bond acceptors (Lipinski definition) is 4. The van der Waals surface area contributed by atoms with Crippen LogP contribution in [0.1, 0.15) is 56.3 Å². The summed E-state index contributed by atoms with van der Waals surface area (Å²) in [4.78, 5) is 19.3. The van der Waals surface area contributed by atoms with Gasteiger partial charge < -0.3 is 0 Å². The van der Waals surface area contributed by atoms with Crippen molar-refractivity contribution in [1.29, 1.82) is 0 Å². The largest absolute Gasteiger partial charge is 0.268 e. The lowest BCUT2D eigenvalue weighted by Crippen LogP contribution is -2.35. The van der Waals surface area contributed by atoms with Gasteiger partial charge in [-0.2, -0.15) is 4.31 Å². The molecule has 42 heavy (non-hydrogen) atoms. The Morgan fingerprint density at radius 3 is 1.90 bits per heavy atom. The third-order valence-corrected chi connectivity index (χ3v) is 9.83. The average molecular weight is 580 g/mol. The van der Waals surface area contributed by atoms with Crippen LogP contribution in [0, 0.1) is 13.8 Å². The summed E-state index contributed by atoms with van der Waals surface area (Å²) >= 11 is 0. The monoisotopic (exact) mass is 579 g/mol. The third-order valence-electron chi connectivity index (χ3n) is 7.89. The molecule has 0 fully saturated rings. The summed E-state index contributed by atoms with van der Waals surface area (Å²) in [6.07, 6.45) is 0. The van der Waals surface area contributed by atoms with Gasteiger partial charge in [-0.05, 0) is 79.3 Å². The Bertz CT molecular complexity index is 1920. The molecular formula is C35H37N3O3S. The molecule has 5 rings (SSSR count). The minimum absolute atomic E-state index is 0.0973. The summed E-state index contributed by atoms with van der Waals surface area (Å²) in [6.45, 7) is 12.0. The Hall–Kier alpha value is -4.07. The number of benzene rings is 4. The first-order valence-corrected chi connectivity index (χ1v) is 15.5. The Morgan fingerprint density at radius 1 is 0.786 bits per heavy atom. The molecule has 216 valence electrons. The highest BCUT2D eigenvalue weighted by atomic mass is 32.2. The molecule has 4 aromatic carbocycles. The van der Waals surface area contributed by atoms with Crippen molar-refractivity contribution in [3.8, 4) is 16.8 Å². The van der Waals surface area contributed by atoms with Crippen LogP contribution in [0.5, 0.6) is 0 Å². The molecule has 5 aromatic rings. The highest BCUT2D eigenvalue weighted by molar-refractivity contribution is 7.89. The summed E-state index contributed by atoms with van der Waals surface area (Å²) in [5, 5.41) is 0.466. The molecule has 0 aliphatic heterocycles. The Morgan fingerprint density at radius 2 is 1.33 bits per heavy atom. The van der Waals surface area contributed by atoms with E-state index in [4.69, 9.17) is 4.98 Å². The smallest absolute Gasteiger partial charge is 0.266 e. The maximum Gasteiger partial charge on any atom is 0.266 e. The minimum Gasteiger partial charge on any atom is -0.268 e. The van der Waals surface area contributed by atoms with Crippen molar-refractivity contribution in [3.05, 3.63) is 124 Å². The van der Waals surface area contributed by atoms with Crippen molar-refractivity contribution in [2.75, 3.05) is 7.05 Å². The van der Waals surface area contributed by atoms with E-state index in [0.717, 1.165) is 27.8 Å². The van der Waals surface area contributed by atoms with Gasteiger partial charge in [0.1, 0.15) is 5.82 Å². The number of hydrogen-bond donors (Lipinski definition) is 0. The number of rotatable bonds is 6. The zero-order chi connectivity index (χ0) is 30.4. The highest BCUT2D eigenvalue weighted by Crippen LogP contribution is 2.30. The van der Waals surface area contributed by atoms with Crippen LogP contribution in [-0.2, 0) is 15.4 Å². The average Bonchev–Trinajstić information content (AvgIpc) is 2.97. The molecule has 0 saturated carbocycles. The lowest BCUT2D eigenvalue weighted by atomic mass is 9.87. The Labute approximate surface area is 248 Å². The van der Waals surface area contributed by atoms with E-state index >= 15 is 0 Å². The summed E-state index contributed by atoms with van der Waals surface area (Å²) in [6, 6.07) is 27.6. The van der Waals surface area contributed by atoms with Gasteiger partial charge in [-0.3, -0.25) is 9.36 Å². The van der Waals surface area contributed by atoms with Crippen molar-refractivity contribution < 1.29 is 8.42 Å². The quantitative estimate of drug-likeness (QED) is 0.211. The first-order valence-electron chi connectivity index (χ1n) is 14.1. The standard InChI is InChI=1S/C35H37N3O3S/c1-23-8-12-26(13-9-23)27-14-21-32-31(22-27)34(39)38(29-17-10-24(2)11-18-29)33(36-32)25(3)37(7)42(40,41)30-19-15-28(16-20-30)35(4,5)6/h8-22,25H,1-7H3. The van der Waals surface area contributed by atoms with Gasteiger partial charge in [0.05, 0.1) is 27.5 Å². The molecular weight excluding hydrogens is 542 g/mol. The van der Waals surface area contributed by atoms with Crippen molar-refractivity contribution in [3.63, 3.8) is 0 Å². The molecule has 0 saturated heterocycles. The molecule has 0 amide bonds. The van der Waals surface area contributed by atoms with Crippen molar-refractivity contribution >= 4 is 20.9 Å². The van der Waals surface area contributed by atoms with E-state index < -0.39 is 16.1 Å². The highest BCUT2D eigenvalue weighted by Gasteiger charge is 2.30. The fraction of sp³-hybridized carbons (Fsp3) is 0.257. The Balaban J connectivity index is 1.65. The summed E-state index contributed by atoms with van der Waals surface area (Å²) in [7, 11) is -2.35. The predicted octanol–water partition coefficient (Wildman–Crippen LogP) is 7.35. The van der Waals surface area contributed by atoms with Gasteiger partial charge in [-0.15, -0.1) is 0 Å². The molecule has 7 heteroatoms. The normalized spacial score (nSPS) is 13.0. The van der Waals surface area contributed by atoms with Gasteiger partial charge in [-0.25, -0.2) is 13.4 Å². The lowest BCUT2D eigenvalue weighted by molar-refractivity contribution is 0.379. The van der Waals surface area contributed by atoms with E-state index in [9.17, 15) is 13.2 Å². The van der Waals surface area contributed by atoms with E-state index in [0.29, 0.717) is 22.4 Å². The fourth-order valence-corrected chi connectivity index (χ4v) is 6.34. The second kappa shape index (κ2) is 11.0. The number of fused-ring (bicyclic) bond motifs is 1. The molecule has 0 radical (unpaired) electrons. The van der Waals surface area contributed by atoms with Gasteiger partial charge in [-0.1, -0.05) is 86.5 Å². The van der Waals surface area contributed by atoms with Crippen LogP contribution in [0.25, 0.3) is 27.7 Å². The number of aromatic nitrogens is 2. The lowest BCUT2D eigenvalue weighted by Gasteiger charge is -2.27. The van der Waals surface area contributed by atoms with Crippen LogP contribution in [0.2, 0.25) is 0 Å². The molecule has 0 aliphatic rings. The molecule has 0 aliphatic carbocycles. The molecule has 1 heterocycles. The SMILES string of the molecule is Cc1ccc(-c2ccc3nc(C(C)N(C)S(=O)(=O)c4ccc(C(C)(C)C)cc4)n(-c4ccc(C)cc4)c(=O)c3c2)cc1. The van der Waals surface area contributed by atoms with Crippen molar-refractivity contribution in [1.82, 2.24) is 13.9 Å². The number of aryl methyl sites for hydroxylation is 2. The summed E-state index contributed by atoms with van der Waals surface area (Å²) in [5.74, 6) is 0.344. The summed E-state index contributed by atoms with van der Waals surface area (Å²) in [5.41, 5.74) is 5.97. The Kier molecular flexibility index (Phi) is 7.68. The number of nitrogens with zero attached hydrogens (tertiary/aromatic N) is 3. The first kappa shape index (κ1) is 29.4. The van der Waals surface area contributed by atoms with Crippen molar-refractivity contribution in [2.24, 2.45) is 0 Å². The van der Waals surface area contributed by atoms with Gasteiger partial charge in [0.25, 0.3) is 5.56 Å². The maximum atomic E-state index is 14.2. The van der Waals surface area contributed by atoms with Crippen LogP contribution in [-0.4, -0.2) is 29.3 Å². The van der Waals surface area contributed by atoms with Crippen LogP contribution in [0.15, 0.2) is 101 Å². The van der Waals surface area contributed by atoms with E-state index in [-0.39, 0.29) is 15.9 Å². The second-order valence-electron chi connectivity index (χ2n) is 12.0. The van der Waals surface area contributed by atoms with Gasteiger partial charge in [0, 0.05) is 7.05 Å². The van der Waals surface area contributed by atoms with E-state index in [1.165, 1.54) is 11.4 Å². The van der Waals surface area contributed by atoms with E-state index in [1.807, 2.05) is 92.7 Å². The van der Waals surface area contributed by atoms with Gasteiger partial charge >= 0.3 is 0 Å². The first-order chi connectivity index (χ1) is 19.8. The molecule has 1 aromatic heterocycles. The van der Waals surface area contributed by atoms with Crippen LogP contribution in [0.4, 0.5) is 0 Å². The van der Waals surface area contributed by atoms with Gasteiger partial charge in [0.2, 0.25) is 10.0 Å². The van der Waals surface area contributed by atoms with Crippen molar-refractivity contribution in [2.45, 2.75) is 57.9 Å². The molecule has 1 unspecified atom stereocenters. The molecule has 6 nitrogen and oxygen atoms in total. The second-order valence-corrected chi connectivity index (χ2v) is 14.0. The molecule has 0 spiro atoms. The fourth-order valence-electron chi connectivity index (χ4n) is 5.02. The third kappa shape index (κ3) is 5.54. The van der Waals surface area contributed by atoms with Crippen LogP contribution < -0.4 is 5.56 Å². The predicted molar refractivity (Wildman–Crippen MR) is 171 cm³/mol. The topological polar surface area (TPSA) is 72.3 Å². The number of sulfonamides is 1. The molecule has 1 atom stereocenters.